The molecule has 0 heterocycles. The van der Waals surface area contributed by atoms with Crippen LogP contribution in [-0.2, 0) is 12.5 Å². The Morgan fingerprint density at radius 3 is 2.29 bits per heavy atom. The van der Waals surface area contributed by atoms with Crippen LogP contribution in [0.1, 0.15) is 18.1 Å². The summed E-state index contributed by atoms with van der Waals surface area (Å²) in [6.45, 7) is 3.78. The first-order valence-electron chi connectivity index (χ1n) is 6.97. The fourth-order valence-electron chi connectivity index (χ4n) is 1.91. The first-order valence-corrected chi connectivity index (χ1v) is 7.96. The summed E-state index contributed by atoms with van der Waals surface area (Å²) in [6, 6.07) is 15.7. The zero-order valence-corrected chi connectivity index (χ0v) is 12.8. The largest absolute Gasteiger partial charge is 0.313 e. The van der Waals surface area contributed by atoms with Gasteiger partial charge in [-0.15, -0.1) is 11.8 Å². The minimum atomic E-state index is -2.81. The highest BCUT2D eigenvalue weighted by atomic mass is 32.2. The van der Waals surface area contributed by atoms with Gasteiger partial charge in [-0.2, -0.15) is 0 Å². The van der Waals surface area contributed by atoms with Gasteiger partial charge >= 0.3 is 0 Å². The van der Waals surface area contributed by atoms with E-state index in [1.54, 1.807) is 18.2 Å². The molecule has 0 amide bonds. The summed E-state index contributed by atoms with van der Waals surface area (Å²) in [5.74, 6) is -3.06. The van der Waals surface area contributed by atoms with Crippen LogP contribution in [0.3, 0.4) is 0 Å². The van der Waals surface area contributed by atoms with Crippen molar-refractivity contribution in [2.45, 2.75) is 24.3 Å². The highest BCUT2D eigenvalue weighted by Crippen LogP contribution is 2.34. The Balaban J connectivity index is 1.93. The van der Waals surface area contributed by atoms with Crippen molar-refractivity contribution >= 4 is 11.8 Å². The molecule has 112 valence electrons. The van der Waals surface area contributed by atoms with Crippen LogP contribution in [0.5, 0.6) is 0 Å². The predicted octanol–water partition coefficient (Wildman–Crippen LogP) is 4.68. The first-order chi connectivity index (χ1) is 10.1. The average Bonchev–Trinajstić information content (AvgIpc) is 2.53. The Kier molecular flexibility index (Phi) is 5.76. The lowest BCUT2D eigenvalue weighted by Crippen LogP contribution is -2.16. The Morgan fingerprint density at radius 2 is 1.67 bits per heavy atom. The van der Waals surface area contributed by atoms with Crippen LogP contribution in [0.4, 0.5) is 8.78 Å². The van der Waals surface area contributed by atoms with Crippen LogP contribution in [0.15, 0.2) is 59.5 Å². The molecule has 2 rings (SSSR count). The van der Waals surface area contributed by atoms with Crippen LogP contribution < -0.4 is 5.32 Å². The molecule has 2 aromatic carbocycles. The number of rotatable bonds is 7. The molecule has 0 aliphatic carbocycles. The standard InChI is InChI=1S/C17H19F2NS/c1-2-20-12-14-8-10-16(11-9-14)21-13-17(18,19)15-6-4-3-5-7-15/h3-11,20H,2,12-13H2,1H3. The Hall–Kier alpha value is -1.39. The number of halogens is 2. The van der Waals surface area contributed by atoms with Crippen molar-refractivity contribution in [3.8, 4) is 0 Å². The summed E-state index contributed by atoms with van der Waals surface area (Å²) < 4.78 is 28.1. The van der Waals surface area contributed by atoms with Crippen molar-refractivity contribution in [2.75, 3.05) is 12.3 Å². The molecule has 21 heavy (non-hydrogen) atoms. The molecule has 4 heteroatoms. The second kappa shape index (κ2) is 7.57. The molecule has 0 bridgehead atoms. The van der Waals surface area contributed by atoms with Crippen molar-refractivity contribution in [2.24, 2.45) is 0 Å². The van der Waals surface area contributed by atoms with Gasteiger partial charge in [0.2, 0.25) is 0 Å². The van der Waals surface area contributed by atoms with Gasteiger partial charge in [0.25, 0.3) is 5.92 Å². The van der Waals surface area contributed by atoms with Crippen molar-refractivity contribution in [1.82, 2.24) is 5.32 Å². The monoisotopic (exact) mass is 307 g/mol. The molecule has 0 aromatic heterocycles. The molecule has 0 aliphatic rings. The Labute approximate surface area is 128 Å². The van der Waals surface area contributed by atoms with Crippen molar-refractivity contribution in [3.05, 3.63) is 65.7 Å². The fourth-order valence-corrected chi connectivity index (χ4v) is 2.76. The summed E-state index contributed by atoms with van der Waals surface area (Å²) >= 11 is 1.18. The summed E-state index contributed by atoms with van der Waals surface area (Å²) in [7, 11) is 0. The molecule has 0 aliphatic heterocycles. The molecule has 2 aromatic rings. The third-order valence-electron chi connectivity index (χ3n) is 3.12. The van der Waals surface area contributed by atoms with E-state index in [-0.39, 0.29) is 11.3 Å². The predicted molar refractivity (Wildman–Crippen MR) is 84.9 cm³/mol. The van der Waals surface area contributed by atoms with Crippen LogP contribution in [0, 0.1) is 0 Å². The van der Waals surface area contributed by atoms with E-state index in [1.807, 2.05) is 24.3 Å². The smallest absolute Gasteiger partial charge is 0.282 e. The second-order valence-electron chi connectivity index (χ2n) is 4.78. The highest BCUT2D eigenvalue weighted by Gasteiger charge is 2.31. The maximum atomic E-state index is 14.1. The molecule has 0 spiro atoms. The zero-order valence-electron chi connectivity index (χ0n) is 12.0. The van der Waals surface area contributed by atoms with Gasteiger partial charge in [0.1, 0.15) is 0 Å². The van der Waals surface area contributed by atoms with Crippen LogP contribution in [0.2, 0.25) is 0 Å². The van der Waals surface area contributed by atoms with E-state index in [9.17, 15) is 8.78 Å². The molecule has 1 N–H and O–H groups in total. The number of nitrogens with one attached hydrogen (secondary N) is 1. The number of benzene rings is 2. The summed E-state index contributed by atoms with van der Waals surface area (Å²) in [5, 5.41) is 3.23. The fraction of sp³-hybridized carbons (Fsp3) is 0.294. The molecular weight excluding hydrogens is 288 g/mol. The quantitative estimate of drug-likeness (QED) is 0.745. The summed E-state index contributed by atoms with van der Waals surface area (Å²) in [5.41, 5.74) is 1.23. The van der Waals surface area contributed by atoms with Gasteiger partial charge in [-0.3, -0.25) is 0 Å². The van der Waals surface area contributed by atoms with Gasteiger partial charge in [0.05, 0.1) is 5.75 Å². The molecule has 0 saturated heterocycles. The molecule has 0 unspecified atom stereocenters. The van der Waals surface area contributed by atoms with Crippen molar-refractivity contribution in [1.29, 1.82) is 0 Å². The molecule has 0 fully saturated rings. The van der Waals surface area contributed by atoms with E-state index < -0.39 is 5.92 Å². The van der Waals surface area contributed by atoms with E-state index in [2.05, 4.69) is 12.2 Å². The Morgan fingerprint density at radius 1 is 1.00 bits per heavy atom. The van der Waals surface area contributed by atoms with E-state index in [0.29, 0.717) is 0 Å². The van der Waals surface area contributed by atoms with Crippen LogP contribution in [0.25, 0.3) is 0 Å². The molecule has 0 saturated carbocycles. The average molecular weight is 307 g/mol. The second-order valence-corrected chi connectivity index (χ2v) is 5.83. The van der Waals surface area contributed by atoms with Gasteiger partial charge in [0.15, 0.2) is 0 Å². The lowest BCUT2D eigenvalue weighted by Gasteiger charge is -2.16. The van der Waals surface area contributed by atoms with Gasteiger partial charge in [-0.05, 0) is 24.2 Å². The maximum absolute atomic E-state index is 14.1. The van der Waals surface area contributed by atoms with E-state index in [1.165, 1.54) is 23.9 Å². The third kappa shape index (κ3) is 4.83. The van der Waals surface area contributed by atoms with Crippen molar-refractivity contribution < 1.29 is 8.78 Å². The Bertz CT molecular complexity index is 540. The first kappa shape index (κ1) is 16.0. The topological polar surface area (TPSA) is 12.0 Å². The van der Waals surface area contributed by atoms with Gasteiger partial charge in [0, 0.05) is 17.0 Å². The van der Waals surface area contributed by atoms with Gasteiger partial charge < -0.3 is 5.32 Å². The SMILES string of the molecule is CCNCc1ccc(SCC(F)(F)c2ccccc2)cc1. The van der Waals surface area contributed by atoms with Crippen molar-refractivity contribution in [3.63, 3.8) is 0 Å². The molecule has 1 nitrogen and oxygen atoms in total. The number of thioether (sulfide) groups is 1. The normalized spacial score (nSPS) is 11.6. The third-order valence-corrected chi connectivity index (χ3v) is 4.23. The minimum absolute atomic E-state index is 0.0706. The number of alkyl halides is 2. The zero-order chi connectivity index (χ0) is 15.1. The lowest BCUT2D eigenvalue weighted by molar-refractivity contribution is 0.0232. The molecular formula is C17H19F2NS. The minimum Gasteiger partial charge on any atom is -0.313 e. The van der Waals surface area contributed by atoms with Gasteiger partial charge in [-0.25, -0.2) is 8.78 Å². The van der Waals surface area contributed by atoms with Crippen LogP contribution in [-0.4, -0.2) is 12.3 Å². The van der Waals surface area contributed by atoms with Gasteiger partial charge in [-0.1, -0.05) is 49.4 Å². The number of hydrogen-bond acceptors (Lipinski definition) is 2. The van der Waals surface area contributed by atoms with E-state index in [0.717, 1.165) is 23.5 Å². The lowest BCUT2D eigenvalue weighted by atomic mass is 10.1. The number of hydrogen-bond donors (Lipinski definition) is 1. The molecule has 0 radical (unpaired) electrons. The summed E-state index contributed by atoms with van der Waals surface area (Å²) in [4.78, 5) is 0.867. The highest BCUT2D eigenvalue weighted by molar-refractivity contribution is 7.99. The summed E-state index contributed by atoms with van der Waals surface area (Å²) in [6.07, 6.45) is 0. The maximum Gasteiger partial charge on any atom is 0.282 e. The van der Waals surface area contributed by atoms with Crippen LogP contribution >= 0.6 is 11.8 Å². The van der Waals surface area contributed by atoms with E-state index in [4.69, 9.17) is 0 Å². The van der Waals surface area contributed by atoms with E-state index >= 15 is 0 Å². The molecule has 0 atom stereocenters.